The van der Waals surface area contributed by atoms with Gasteiger partial charge >= 0.3 is 0 Å². The second kappa shape index (κ2) is 3.90. The molecule has 0 aliphatic heterocycles. The molecule has 0 spiro atoms. The molecule has 0 aromatic heterocycles. The third-order valence-corrected chi connectivity index (χ3v) is 3.22. The van der Waals surface area contributed by atoms with Gasteiger partial charge in [-0.05, 0) is 30.6 Å². The minimum absolute atomic E-state index is 0.150. The number of hydrogen-bond acceptors (Lipinski definition) is 1. The number of allylic oxidation sites excluding steroid dienone is 2. The Morgan fingerprint density at radius 3 is 2.57 bits per heavy atom. The lowest BCUT2D eigenvalue weighted by atomic mass is 9.80. The summed E-state index contributed by atoms with van der Waals surface area (Å²) in [4.78, 5) is 0. The molecule has 0 amide bonds. The molecule has 0 aromatic carbocycles. The van der Waals surface area contributed by atoms with Crippen LogP contribution in [0.1, 0.15) is 40.0 Å². The predicted octanol–water partition coefficient (Wildman–Crippen LogP) is 3.31. The van der Waals surface area contributed by atoms with E-state index < -0.39 is 5.60 Å². The van der Waals surface area contributed by atoms with E-state index in [1.165, 1.54) is 0 Å². The van der Waals surface area contributed by atoms with Crippen LogP contribution in [-0.2, 0) is 0 Å². The summed E-state index contributed by atoms with van der Waals surface area (Å²) in [6, 6.07) is 0. The summed E-state index contributed by atoms with van der Waals surface area (Å²) in [5.74, 6) is 0.318. The van der Waals surface area contributed by atoms with E-state index in [-0.39, 0.29) is 5.41 Å². The van der Waals surface area contributed by atoms with Crippen LogP contribution in [0.5, 0.6) is 0 Å². The Balaban J connectivity index is 2.60. The smallest absolute Gasteiger partial charge is 0.0861 e. The van der Waals surface area contributed by atoms with Crippen LogP contribution < -0.4 is 0 Å². The van der Waals surface area contributed by atoms with Crippen molar-refractivity contribution in [2.24, 2.45) is 11.3 Å². The van der Waals surface area contributed by atoms with Gasteiger partial charge in [0.05, 0.1) is 5.60 Å². The van der Waals surface area contributed by atoms with E-state index in [0.717, 1.165) is 19.3 Å². The third kappa shape index (κ3) is 2.48. The molecule has 1 aliphatic rings. The molecule has 0 heterocycles. The highest BCUT2D eigenvalue weighted by atomic mass is 16.3. The summed E-state index contributed by atoms with van der Waals surface area (Å²) in [6.07, 6.45) is 8.89. The maximum atomic E-state index is 10.4. The lowest BCUT2D eigenvalue weighted by Crippen LogP contribution is -2.34. The van der Waals surface area contributed by atoms with Crippen molar-refractivity contribution in [3.63, 3.8) is 0 Å². The highest BCUT2D eigenvalue weighted by Gasteiger charge is 2.40. The first-order valence-corrected chi connectivity index (χ1v) is 5.43. The fraction of sp³-hybridized carbons (Fsp3) is 0.692. The van der Waals surface area contributed by atoms with E-state index in [0.29, 0.717) is 5.92 Å². The summed E-state index contributed by atoms with van der Waals surface area (Å²) in [6.45, 7) is 10.2. The fourth-order valence-electron chi connectivity index (χ4n) is 2.17. The van der Waals surface area contributed by atoms with E-state index in [4.69, 9.17) is 0 Å². The van der Waals surface area contributed by atoms with Crippen LogP contribution in [0.25, 0.3) is 0 Å². The standard InChI is InChI=1S/C13H22O/c1-5-6-7-11(2)13(14)9-8-12(3,4)10-13/h5,8-9,11,14H,1,6-7,10H2,2-4H3. The number of hydrogen-bond donors (Lipinski definition) is 1. The molecule has 0 aromatic rings. The Morgan fingerprint density at radius 2 is 2.14 bits per heavy atom. The van der Waals surface area contributed by atoms with Crippen LogP contribution in [0, 0.1) is 11.3 Å². The van der Waals surface area contributed by atoms with Crippen LogP contribution in [0.2, 0.25) is 0 Å². The van der Waals surface area contributed by atoms with Gasteiger partial charge in [0.15, 0.2) is 0 Å². The molecule has 0 bridgehead atoms. The molecule has 0 saturated heterocycles. The number of rotatable bonds is 4. The molecule has 0 fully saturated rings. The van der Waals surface area contributed by atoms with Crippen LogP contribution in [0.4, 0.5) is 0 Å². The van der Waals surface area contributed by atoms with E-state index in [1.807, 2.05) is 12.2 Å². The normalized spacial score (nSPS) is 31.7. The molecule has 1 N–H and O–H groups in total. The van der Waals surface area contributed by atoms with Gasteiger partial charge in [-0.3, -0.25) is 0 Å². The monoisotopic (exact) mass is 194 g/mol. The average Bonchev–Trinajstić information content (AvgIpc) is 2.38. The quantitative estimate of drug-likeness (QED) is 0.681. The maximum Gasteiger partial charge on any atom is 0.0861 e. The van der Waals surface area contributed by atoms with Crippen molar-refractivity contribution >= 4 is 0 Å². The molecule has 2 atom stereocenters. The van der Waals surface area contributed by atoms with E-state index in [1.54, 1.807) is 0 Å². The Kier molecular flexibility index (Phi) is 3.20. The van der Waals surface area contributed by atoms with Crippen LogP contribution >= 0.6 is 0 Å². The van der Waals surface area contributed by atoms with Gasteiger partial charge in [0, 0.05) is 0 Å². The molecule has 1 rings (SSSR count). The van der Waals surface area contributed by atoms with E-state index in [2.05, 4.69) is 33.4 Å². The van der Waals surface area contributed by atoms with Crippen molar-refractivity contribution in [2.45, 2.75) is 45.6 Å². The van der Waals surface area contributed by atoms with Crippen molar-refractivity contribution in [1.29, 1.82) is 0 Å². The summed E-state index contributed by atoms with van der Waals surface area (Å²) in [5.41, 5.74) is -0.441. The van der Waals surface area contributed by atoms with Gasteiger partial charge in [0.25, 0.3) is 0 Å². The van der Waals surface area contributed by atoms with Gasteiger partial charge in [-0.2, -0.15) is 0 Å². The molecule has 0 saturated carbocycles. The first kappa shape index (κ1) is 11.5. The van der Waals surface area contributed by atoms with Crippen LogP contribution in [0.15, 0.2) is 24.8 Å². The Labute approximate surface area is 87.5 Å². The van der Waals surface area contributed by atoms with Gasteiger partial charge in [0.1, 0.15) is 0 Å². The lowest BCUT2D eigenvalue weighted by molar-refractivity contribution is 0.0151. The van der Waals surface area contributed by atoms with E-state index in [9.17, 15) is 5.11 Å². The molecule has 2 unspecified atom stereocenters. The van der Waals surface area contributed by atoms with Crippen molar-refractivity contribution in [3.8, 4) is 0 Å². The Hall–Kier alpha value is -0.560. The molecule has 14 heavy (non-hydrogen) atoms. The first-order chi connectivity index (χ1) is 6.40. The lowest BCUT2D eigenvalue weighted by Gasteiger charge is -2.31. The van der Waals surface area contributed by atoms with Crippen molar-refractivity contribution < 1.29 is 5.11 Å². The van der Waals surface area contributed by atoms with Gasteiger partial charge in [-0.25, -0.2) is 0 Å². The summed E-state index contributed by atoms with van der Waals surface area (Å²) in [7, 11) is 0. The van der Waals surface area contributed by atoms with Gasteiger partial charge < -0.3 is 5.11 Å². The van der Waals surface area contributed by atoms with Crippen LogP contribution in [0.3, 0.4) is 0 Å². The fourth-order valence-corrected chi connectivity index (χ4v) is 2.17. The third-order valence-electron chi connectivity index (χ3n) is 3.22. The summed E-state index contributed by atoms with van der Waals surface area (Å²) >= 11 is 0. The van der Waals surface area contributed by atoms with Crippen molar-refractivity contribution in [2.75, 3.05) is 0 Å². The van der Waals surface area contributed by atoms with Gasteiger partial charge in [-0.15, -0.1) is 6.58 Å². The highest BCUT2D eigenvalue weighted by Crippen LogP contribution is 2.42. The highest BCUT2D eigenvalue weighted by molar-refractivity contribution is 5.17. The van der Waals surface area contributed by atoms with Crippen LogP contribution in [-0.4, -0.2) is 10.7 Å². The van der Waals surface area contributed by atoms with Gasteiger partial charge in [0.2, 0.25) is 0 Å². The average molecular weight is 194 g/mol. The maximum absolute atomic E-state index is 10.4. The summed E-state index contributed by atoms with van der Waals surface area (Å²) in [5, 5.41) is 10.4. The number of aliphatic hydroxyl groups is 1. The zero-order valence-corrected chi connectivity index (χ0v) is 9.59. The first-order valence-electron chi connectivity index (χ1n) is 5.43. The Bertz CT molecular complexity index is 240. The Morgan fingerprint density at radius 1 is 1.50 bits per heavy atom. The minimum Gasteiger partial charge on any atom is -0.385 e. The summed E-state index contributed by atoms with van der Waals surface area (Å²) < 4.78 is 0. The molecule has 1 aliphatic carbocycles. The van der Waals surface area contributed by atoms with Crippen molar-refractivity contribution in [1.82, 2.24) is 0 Å². The van der Waals surface area contributed by atoms with Gasteiger partial charge in [-0.1, -0.05) is 39.0 Å². The molecular formula is C13H22O. The zero-order chi connectivity index (χ0) is 10.8. The van der Waals surface area contributed by atoms with Crippen molar-refractivity contribution in [3.05, 3.63) is 24.8 Å². The largest absolute Gasteiger partial charge is 0.385 e. The molecular weight excluding hydrogens is 172 g/mol. The second-order valence-electron chi connectivity index (χ2n) is 5.26. The second-order valence-corrected chi connectivity index (χ2v) is 5.26. The minimum atomic E-state index is -0.591. The molecule has 80 valence electrons. The SMILES string of the molecule is C=CCCC(C)C1(O)C=CC(C)(C)C1. The zero-order valence-electron chi connectivity index (χ0n) is 9.59. The molecule has 1 heteroatoms. The molecule has 0 radical (unpaired) electrons. The topological polar surface area (TPSA) is 20.2 Å². The predicted molar refractivity (Wildman–Crippen MR) is 61.1 cm³/mol. The molecule has 1 nitrogen and oxygen atoms in total. The van der Waals surface area contributed by atoms with E-state index >= 15 is 0 Å².